The molecule has 52 valence electrons. The summed E-state index contributed by atoms with van der Waals surface area (Å²) in [6.45, 7) is 2.61. The Morgan fingerprint density at radius 1 is 1.44 bits per heavy atom. The molecule has 0 saturated carbocycles. The summed E-state index contributed by atoms with van der Waals surface area (Å²) in [5, 5.41) is 0. The monoisotopic (exact) mass is 130 g/mol. The molecule has 0 aliphatic heterocycles. The van der Waals surface area contributed by atoms with E-state index in [1.54, 1.807) is 0 Å². The topological polar surface area (TPSA) is 104 Å². The summed E-state index contributed by atoms with van der Waals surface area (Å²) >= 11 is 0. The quantitative estimate of drug-likeness (QED) is 0.220. The minimum absolute atomic E-state index is 0.0338. The molecule has 0 saturated heterocycles. The van der Waals surface area contributed by atoms with Crippen molar-refractivity contribution >= 4 is 11.9 Å². The predicted octanol–water partition coefficient (Wildman–Crippen LogP) is -3.32. The van der Waals surface area contributed by atoms with Gasteiger partial charge in [0.15, 0.2) is 0 Å². The van der Waals surface area contributed by atoms with E-state index in [0.717, 1.165) is 0 Å². The fraction of sp³-hybridized carbons (Fsp3) is 0.500. The molecule has 0 aliphatic rings. The molecule has 0 spiro atoms. The lowest BCUT2D eigenvalue weighted by Crippen LogP contribution is -2.74. The first kappa shape index (κ1) is 7.74. The van der Waals surface area contributed by atoms with Gasteiger partial charge in [-0.05, 0) is 11.9 Å². The Bertz CT molecular complexity index is 132. The van der Waals surface area contributed by atoms with Crippen molar-refractivity contribution in [1.82, 2.24) is 0 Å². The molecule has 0 fully saturated rings. The van der Waals surface area contributed by atoms with Crippen molar-refractivity contribution < 1.29 is 4.99 Å². The standard InChI is InChI=1S/C4H11N5/c1-2-8-4(7)9-3(5)6/h2H2,1H3,(H6,5,6,7,8,9)/p+1. The zero-order valence-electron chi connectivity index (χ0n) is 5.39. The van der Waals surface area contributed by atoms with Crippen LogP contribution in [0.1, 0.15) is 6.92 Å². The van der Waals surface area contributed by atoms with Gasteiger partial charge in [0.25, 0.3) is 5.96 Å². The van der Waals surface area contributed by atoms with Gasteiger partial charge in [-0.3, -0.25) is 10.7 Å². The zero-order chi connectivity index (χ0) is 7.28. The Morgan fingerprint density at radius 3 is 2.33 bits per heavy atom. The zero-order valence-corrected chi connectivity index (χ0v) is 5.39. The van der Waals surface area contributed by atoms with Gasteiger partial charge in [-0.2, -0.15) is 0 Å². The van der Waals surface area contributed by atoms with Crippen molar-refractivity contribution in [2.75, 3.05) is 6.54 Å². The molecule has 0 bridgehead atoms. The first-order chi connectivity index (χ1) is 4.16. The van der Waals surface area contributed by atoms with E-state index in [2.05, 4.69) is 9.98 Å². The van der Waals surface area contributed by atoms with Crippen molar-refractivity contribution in [3.63, 3.8) is 0 Å². The van der Waals surface area contributed by atoms with Crippen molar-refractivity contribution in [3.8, 4) is 0 Å². The minimum Gasteiger partial charge on any atom is -0.356 e. The maximum absolute atomic E-state index is 5.24. The maximum atomic E-state index is 5.24. The molecule has 9 heavy (non-hydrogen) atoms. The van der Waals surface area contributed by atoms with Crippen LogP contribution in [0.4, 0.5) is 0 Å². The summed E-state index contributed by atoms with van der Waals surface area (Å²) in [6, 6.07) is 0. The molecule has 5 nitrogen and oxygen atoms in total. The van der Waals surface area contributed by atoms with Crippen LogP contribution in [0.2, 0.25) is 0 Å². The van der Waals surface area contributed by atoms with E-state index >= 15 is 0 Å². The third-order valence-corrected chi connectivity index (χ3v) is 0.607. The average molecular weight is 130 g/mol. The predicted molar refractivity (Wildman–Crippen MR) is 36.5 cm³/mol. The van der Waals surface area contributed by atoms with Crippen LogP contribution in [0.25, 0.3) is 0 Å². The van der Waals surface area contributed by atoms with Gasteiger partial charge in [-0.15, -0.1) is 0 Å². The molecule has 5 heteroatoms. The van der Waals surface area contributed by atoms with Gasteiger partial charge >= 0.3 is 5.96 Å². The van der Waals surface area contributed by atoms with E-state index in [4.69, 9.17) is 17.2 Å². The fourth-order valence-electron chi connectivity index (χ4n) is 0.360. The third-order valence-electron chi connectivity index (χ3n) is 0.607. The Kier molecular flexibility index (Phi) is 3.19. The average Bonchev–Trinajstić information content (AvgIpc) is 1.63. The molecule has 0 aromatic carbocycles. The van der Waals surface area contributed by atoms with E-state index in [1.807, 2.05) is 6.92 Å². The van der Waals surface area contributed by atoms with Gasteiger partial charge in [0, 0.05) is 0 Å². The van der Waals surface area contributed by atoms with Gasteiger partial charge in [0.1, 0.15) is 0 Å². The lowest BCUT2D eigenvalue weighted by atomic mass is 10.8. The van der Waals surface area contributed by atoms with E-state index in [0.29, 0.717) is 6.54 Å². The summed E-state index contributed by atoms with van der Waals surface area (Å²) in [5.74, 6) is 0.214. The van der Waals surface area contributed by atoms with E-state index in [1.165, 1.54) is 0 Å². The van der Waals surface area contributed by atoms with Crippen LogP contribution in [-0.4, -0.2) is 18.5 Å². The fourth-order valence-corrected chi connectivity index (χ4v) is 0.360. The molecule has 0 heterocycles. The summed E-state index contributed by atoms with van der Waals surface area (Å²) in [4.78, 5) is 6.25. The second kappa shape index (κ2) is 3.71. The molecular weight excluding hydrogens is 118 g/mol. The van der Waals surface area contributed by atoms with Gasteiger partial charge < -0.3 is 11.5 Å². The van der Waals surface area contributed by atoms with Crippen LogP contribution in [0, 0.1) is 0 Å². The molecule has 0 aromatic rings. The Hall–Kier alpha value is -1.26. The van der Waals surface area contributed by atoms with Crippen molar-refractivity contribution in [1.29, 1.82) is 0 Å². The second-order valence-corrected chi connectivity index (χ2v) is 1.45. The Morgan fingerprint density at radius 2 is 2.00 bits per heavy atom. The van der Waals surface area contributed by atoms with Gasteiger partial charge in [-0.1, -0.05) is 0 Å². The van der Waals surface area contributed by atoms with Gasteiger partial charge in [0.2, 0.25) is 0 Å². The summed E-state index contributed by atoms with van der Waals surface area (Å²) < 4.78 is 0. The third kappa shape index (κ3) is 4.60. The molecule has 0 rings (SSSR count). The van der Waals surface area contributed by atoms with E-state index in [-0.39, 0.29) is 11.9 Å². The number of rotatable bonds is 1. The number of guanidine groups is 2. The largest absolute Gasteiger partial charge is 0.385 e. The molecule has 7 N–H and O–H groups in total. The van der Waals surface area contributed by atoms with Crippen molar-refractivity contribution in [3.05, 3.63) is 0 Å². The minimum atomic E-state index is -0.0338. The Labute approximate surface area is 53.6 Å². The number of nitrogens with one attached hydrogen (secondary N) is 1. The lowest BCUT2D eigenvalue weighted by molar-refractivity contribution is -0.454. The summed E-state index contributed by atoms with van der Waals surface area (Å²) in [7, 11) is 0. The number of aliphatic imine (C=N–C) groups is 1. The summed E-state index contributed by atoms with van der Waals surface area (Å²) in [5.41, 5.74) is 15.3. The molecule has 0 aromatic heterocycles. The number of nitrogens with zero attached hydrogens (tertiary/aromatic N) is 1. The van der Waals surface area contributed by atoms with Crippen LogP contribution in [0.15, 0.2) is 4.99 Å². The highest BCUT2D eigenvalue weighted by atomic mass is 15.1. The molecule has 0 aliphatic carbocycles. The lowest BCUT2D eigenvalue weighted by Gasteiger charge is -1.82. The highest BCUT2D eigenvalue weighted by molar-refractivity contribution is 5.89. The maximum Gasteiger partial charge on any atom is 0.385 e. The number of hydrogen-bond acceptors (Lipinski definition) is 0. The van der Waals surface area contributed by atoms with Crippen molar-refractivity contribution in [2.45, 2.75) is 6.92 Å². The number of nitrogens with two attached hydrogens (primary N) is 3. The van der Waals surface area contributed by atoms with Crippen LogP contribution >= 0.6 is 0 Å². The molecule has 0 amide bonds. The molecule has 0 unspecified atom stereocenters. The second-order valence-electron chi connectivity index (χ2n) is 1.45. The normalized spacial score (nSPS) is 11.0. The van der Waals surface area contributed by atoms with Crippen LogP contribution in [0.3, 0.4) is 0 Å². The number of hydrogen-bond donors (Lipinski definition) is 4. The van der Waals surface area contributed by atoms with E-state index < -0.39 is 0 Å². The van der Waals surface area contributed by atoms with Crippen molar-refractivity contribution in [2.24, 2.45) is 22.2 Å². The highest BCUT2D eigenvalue weighted by Crippen LogP contribution is 1.52. The first-order valence-corrected chi connectivity index (χ1v) is 2.62. The molecule has 0 radical (unpaired) electrons. The highest BCUT2D eigenvalue weighted by Gasteiger charge is 1.93. The van der Waals surface area contributed by atoms with Gasteiger partial charge in [0.05, 0.1) is 6.54 Å². The smallest absolute Gasteiger partial charge is 0.356 e. The van der Waals surface area contributed by atoms with Crippen LogP contribution in [0.5, 0.6) is 0 Å². The van der Waals surface area contributed by atoms with Crippen LogP contribution < -0.4 is 22.2 Å². The molecule has 0 atom stereocenters. The summed E-state index contributed by atoms with van der Waals surface area (Å²) in [6.07, 6.45) is 0. The van der Waals surface area contributed by atoms with Gasteiger partial charge in [-0.25, -0.2) is 0 Å². The Balaban J connectivity index is 3.90. The first-order valence-electron chi connectivity index (χ1n) is 2.62. The molecular formula is C4H12N5+. The SMILES string of the molecule is CC[NH+]=C(N)N=C(N)N. The van der Waals surface area contributed by atoms with E-state index in [9.17, 15) is 0 Å². The van der Waals surface area contributed by atoms with Crippen LogP contribution in [-0.2, 0) is 0 Å².